The van der Waals surface area contributed by atoms with Crippen LogP contribution >= 0.6 is 0 Å². The van der Waals surface area contributed by atoms with Crippen LogP contribution in [-0.2, 0) is 20.7 Å². The van der Waals surface area contributed by atoms with Gasteiger partial charge in [-0.1, -0.05) is 24.3 Å². The summed E-state index contributed by atoms with van der Waals surface area (Å²) in [5, 5.41) is 0. The fourth-order valence-corrected chi connectivity index (χ4v) is 2.63. The minimum atomic E-state index is -0.299. The lowest BCUT2D eigenvalue weighted by Gasteiger charge is -2.21. The Morgan fingerprint density at radius 1 is 1.18 bits per heavy atom. The summed E-state index contributed by atoms with van der Waals surface area (Å²) in [4.78, 5) is 14.6. The van der Waals surface area contributed by atoms with Gasteiger partial charge in [-0.2, -0.15) is 4.99 Å². The van der Waals surface area contributed by atoms with Gasteiger partial charge in [0.2, 0.25) is 6.08 Å². The van der Waals surface area contributed by atoms with E-state index in [0.29, 0.717) is 0 Å². The van der Waals surface area contributed by atoms with Crippen molar-refractivity contribution in [2.45, 2.75) is 36.8 Å². The Balaban J connectivity index is 2.09. The van der Waals surface area contributed by atoms with Gasteiger partial charge in [0.15, 0.2) is 0 Å². The number of isocyanates is 1. The van der Waals surface area contributed by atoms with E-state index in [1.807, 2.05) is 12.1 Å². The molecule has 0 aliphatic heterocycles. The Kier molecular flexibility index (Phi) is 2.22. The van der Waals surface area contributed by atoms with E-state index in [4.69, 9.17) is 4.74 Å². The molecule has 0 bridgehead atoms. The maximum atomic E-state index is 10.6. The van der Waals surface area contributed by atoms with E-state index in [1.165, 1.54) is 5.56 Å². The van der Waals surface area contributed by atoms with Gasteiger partial charge in [0.05, 0.1) is 11.1 Å². The molecule has 0 unspecified atom stereocenters. The fourth-order valence-electron chi connectivity index (χ4n) is 2.63. The fraction of sp³-hybridized carbons (Fsp3) is 0.500. The summed E-state index contributed by atoms with van der Waals surface area (Å²) in [5.74, 6) is 0. The third-order valence-corrected chi connectivity index (χ3v) is 4.00. The quantitative estimate of drug-likeness (QED) is 0.588. The molecule has 17 heavy (non-hydrogen) atoms. The van der Waals surface area contributed by atoms with Gasteiger partial charge in [-0.15, -0.1) is 0 Å². The van der Waals surface area contributed by atoms with Gasteiger partial charge in [-0.25, -0.2) is 4.79 Å². The Morgan fingerprint density at radius 3 is 2.29 bits per heavy atom. The normalized spacial score (nSPS) is 22.6. The number of nitrogens with zero attached hydrogens (tertiary/aromatic N) is 1. The molecule has 1 aromatic rings. The number of hydrogen-bond acceptors (Lipinski definition) is 3. The average molecular weight is 229 g/mol. The Morgan fingerprint density at radius 2 is 1.82 bits per heavy atom. The van der Waals surface area contributed by atoms with E-state index in [-0.39, 0.29) is 11.1 Å². The van der Waals surface area contributed by atoms with Gasteiger partial charge in [0.1, 0.15) is 0 Å². The van der Waals surface area contributed by atoms with Crippen LogP contribution in [0.4, 0.5) is 0 Å². The molecule has 3 rings (SSSR count). The highest BCUT2D eigenvalue weighted by Gasteiger charge is 2.52. The summed E-state index contributed by atoms with van der Waals surface area (Å²) in [6, 6.07) is 8.21. The maximum Gasteiger partial charge on any atom is 0.235 e. The molecule has 2 aliphatic carbocycles. The summed E-state index contributed by atoms with van der Waals surface area (Å²) in [6.45, 7) is 0. The zero-order valence-electron chi connectivity index (χ0n) is 9.90. The molecule has 88 valence electrons. The van der Waals surface area contributed by atoms with Crippen LogP contribution in [0.2, 0.25) is 0 Å². The second-order valence-corrected chi connectivity index (χ2v) is 4.98. The van der Waals surface area contributed by atoms with Crippen LogP contribution in [0, 0.1) is 0 Å². The molecule has 0 spiro atoms. The topological polar surface area (TPSA) is 38.7 Å². The van der Waals surface area contributed by atoms with Gasteiger partial charge < -0.3 is 4.74 Å². The number of carbonyl (C=O) groups excluding carboxylic acids is 1. The van der Waals surface area contributed by atoms with Crippen molar-refractivity contribution in [2.24, 2.45) is 4.99 Å². The highest BCUT2D eigenvalue weighted by atomic mass is 16.5. The smallest absolute Gasteiger partial charge is 0.235 e. The lowest BCUT2D eigenvalue weighted by molar-refractivity contribution is 0.0777. The van der Waals surface area contributed by atoms with Crippen LogP contribution in [0.25, 0.3) is 0 Å². The number of hydrogen-bond donors (Lipinski definition) is 0. The van der Waals surface area contributed by atoms with Crippen molar-refractivity contribution in [3.63, 3.8) is 0 Å². The third-order valence-electron chi connectivity index (χ3n) is 4.00. The summed E-state index contributed by atoms with van der Waals surface area (Å²) in [6.07, 6.45) is 5.72. The maximum absolute atomic E-state index is 10.6. The van der Waals surface area contributed by atoms with Crippen molar-refractivity contribution in [3.8, 4) is 0 Å². The van der Waals surface area contributed by atoms with Crippen molar-refractivity contribution in [3.05, 3.63) is 35.4 Å². The Hall–Kier alpha value is -1.44. The molecule has 2 saturated carbocycles. The number of benzene rings is 1. The molecule has 2 aliphatic rings. The lowest BCUT2D eigenvalue weighted by Crippen LogP contribution is -2.16. The van der Waals surface area contributed by atoms with E-state index in [0.717, 1.165) is 31.2 Å². The first-order valence-corrected chi connectivity index (χ1v) is 6.01. The summed E-state index contributed by atoms with van der Waals surface area (Å²) >= 11 is 0. The first-order chi connectivity index (χ1) is 8.26. The molecular weight excluding hydrogens is 214 g/mol. The zero-order chi connectivity index (χ0) is 11.9. The molecule has 3 heteroatoms. The van der Waals surface area contributed by atoms with E-state index >= 15 is 0 Å². The second kappa shape index (κ2) is 3.52. The average Bonchev–Trinajstić information content (AvgIpc) is 3.26. The minimum Gasteiger partial charge on any atom is -0.374 e. The van der Waals surface area contributed by atoms with E-state index in [2.05, 4.69) is 17.1 Å². The first kappa shape index (κ1) is 10.7. The van der Waals surface area contributed by atoms with E-state index in [9.17, 15) is 4.79 Å². The molecule has 0 N–H and O–H groups in total. The van der Waals surface area contributed by atoms with Crippen LogP contribution in [0.3, 0.4) is 0 Å². The number of methoxy groups -OCH3 is 1. The summed E-state index contributed by atoms with van der Waals surface area (Å²) < 4.78 is 5.64. The monoisotopic (exact) mass is 229 g/mol. The van der Waals surface area contributed by atoms with Crippen molar-refractivity contribution >= 4 is 6.08 Å². The number of ether oxygens (including phenoxy) is 1. The molecule has 0 heterocycles. The number of rotatable bonds is 4. The molecule has 0 radical (unpaired) electrons. The predicted molar refractivity (Wildman–Crippen MR) is 63.4 cm³/mol. The van der Waals surface area contributed by atoms with Crippen LogP contribution in [0.5, 0.6) is 0 Å². The van der Waals surface area contributed by atoms with Gasteiger partial charge >= 0.3 is 0 Å². The van der Waals surface area contributed by atoms with Gasteiger partial charge in [-0.3, -0.25) is 0 Å². The van der Waals surface area contributed by atoms with Crippen molar-refractivity contribution in [1.82, 2.24) is 0 Å². The van der Waals surface area contributed by atoms with Crippen LogP contribution in [0.15, 0.2) is 29.3 Å². The molecule has 0 atom stereocenters. The van der Waals surface area contributed by atoms with E-state index in [1.54, 1.807) is 13.2 Å². The highest BCUT2D eigenvalue weighted by Crippen LogP contribution is 2.57. The minimum absolute atomic E-state index is 0.120. The third kappa shape index (κ3) is 1.54. The van der Waals surface area contributed by atoms with Crippen molar-refractivity contribution < 1.29 is 9.53 Å². The van der Waals surface area contributed by atoms with Crippen LogP contribution < -0.4 is 0 Å². The number of aliphatic imine (C=N–C) groups is 1. The molecule has 2 fully saturated rings. The van der Waals surface area contributed by atoms with E-state index < -0.39 is 0 Å². The van der Waals surface area contributed by atoms with Gasteiger partial charge in [-0.05, 0) is 36.8 Å². The van der Waals surface area contributed by atoms with Crippen LogP contribution in [-0.4, -0.2) is 13.2 Å². The summed E-state index contributed by atoms with van der Waals surface area (Å²) in [7, 11) is 1.76. The molecule has 1 aromatic carbocycles. The molecule has 0 aromatic heterocycles. The second-order valence-electron chi connectivity index (χ2n) is 4.98. The Bertz CT molecular complexity index is 495. The predicted octanol–water partition coefficient (Wildman–Crippen LogP) is 2.65. The first-order valence-electron chi connectivity index (χ1n) is 6.01. The van der Waals surface area contributed by atoms with Crippen molar-refractivity contribution in [1.29, 1.82) is 0 Å². The zero-order valence-corrected chi connectivity index (χ0v) is 9.90. The van der Waals surface area contributed by atoms with Gasteiger partial charge in [0, 0.05) is 7.11 Å². The SMILES string of the molecule is COC1(c2ccccc2C2(N=C=O)CC2)CC1. The van der Waals surface area contributed by atoms with Gasteiger partial charge in [0.25, 0.3) is 0 Å². The largest absolute Gasteiger partial charge is 0.374 e. The molecular formula is C14H15NO2. The molecule has 0 saturated heterocycles. The Labute approximate surface area is 101 Å². The van der Waals surface area contributed by atoms with Crippen molar-refractivity contribution in [2.75, 3.05) is 7.11 Å². The lowest BCUT2D eigenvalue weighted by atomic mass is 9.94. The highest BCUT2D eigenvalue weighted by molar-refractivity contribution is 5.47. The molecule has 0 amide bonds. The standard InChI is InChI=1S/C14H15NO2/c1-17-14(8-9-14)12-5-3-2-4-11(12)13(6-7-13)15-10-16/h2-5H,6-9H2,1H3. The summed E-state index contributed by atoms with van der Waals surface area (Å²) in [5.41, 5.74) is 1.94. The molecule has 3 nitrogen and oxygen atoms in total. The van der Waals surface area contributed by atoms with Crippen LogP contribution in [0.1, 0.15) is 36.8 Å².